The smallest absolute Gasteiger partial charge is 0.407 e. The molecule has 162 valence electrons. The lowest BCUT2D eigenvalue weighted by atomic mass is 10.0. The molecule has 0 saturated carbocycles. The summed E-state index contributed by atoms with van der Waals surface area (Å²) in [5.41, 5.74) is 2.15. The Morgan fingerprint density at radius 2 is 2.03 bits per heavy atom. The van der Waals surface area contributed by atoms with E-state index >= 15 is 0 Å². The number of methoxy groups -OCH3 is 1. The molecule has 1 aliphatic heterocycles. The average Bonchev–Trinajstić information content (AvgIpc) is 3.23. The Balaban J connectivity index is 1.39. The minimum atomic E-state index is -1.02. The van der Waals surface area contributed by atoms with Crippen LogP contribution in [0.3, 0.4) is 0 Å². The van der Waals surface area contributed by atoms with Gasteiger partial charge in [-0.05, 0) is 24.1 Å². The van der Waals surface area contributed by atoms with Crippen molar-refractivity contribution in [1.29, 1.82) is 0 Å². The Labute approximate surface area is 179 Å². The van der Waals surface area contributed by atoms with Gasteiger partial charge in [-0.1, -0.05) is 36.4 Å². The largest absolute Gasteiger partial charge is 0.478 e. The van der Waals surface area contributed by atoms with Crippen LogP contribution >= 0.6 is 0 Å². The van der Waals surface area contributed by atoms with E-state index in [-0.39, 0.29) is 24.3 Å². The second-order valence-electron chi connectivity index (χ2n) is 7.39. The van der Waals surface area contributed by atoms with Gasteiger partial charge in [-0.2, -0.15) is 0 Å². The van der Waals surface area contributed by atoms with Crippen LogP contribution < -0.4 is 10.2 Å². The molecule has 0 radical (unpaired) electrons. The number of nitrogens with zero attached hydrogens (tertiary/aromatic N) is 2. The van der Waals surface area contributed by atoms with E-state index in [0.29, 0.717) is 36.5 Å². The van der Waals surface area contributed by atoms with E-state index < -0.39 is 12.1 Å². The number of alkyl carbamates (subject to hydrolysis) is 1. The third kappa shape index (κ3) is 4.61. The number of para-hydroxylation sites is 1. The highest BCUT2D eigenvalue weighted by Gasteiger charge is 2.32. The normalized spacial score (nSPS) is 18.7. The van der Waals surface area contributed by atoms with Crippen LogP contribution in [0, 0.1) is 0 Å². The van der Waals surface area contributed by atoms with Gasteiger partial charge in [-0.25, -0.2) is 14.6 Å². The highest BCUT2D eigenvalue weighted by molar-refractivity contribution is 6.01. The fourth-order valence-corrected chi connectivity index (χ4v) is 3.77. The predicted octanol–water partition coefficient (Wildman–Crippen LogP) is 2.78. The third-order valence-electron chi connectivity index (χ3n) is 5.41. The fraction of sp³-hybridized carbons (Fsp3) is 0.318. The summed E-state index contributed by atoms with van der Waals surface area (Å²) < 4.78 is 10.9. The first-order chi connectivity index (χ1) is 15.0. The highest BCUT2D eigenvalue weighted by atomic mass is 16.5. The first kappa shape index (κ1) is 20.7. The van der Waals surface area contributed by atoms with E-state index in [1.165, 1.54) is 6.07 Å². The molecule has 1 aromatic heterocycles. The number of imidazole rings is 1. The van der Waals surface area contributed by atoms with Crippen molar-refractivity contribution in [1.82, 2.24) is 15.3 Å². The number of fused-ring (bicyclic) bond motifs is 1. The molecule has 3 aromatic rings. The Morgan fingerprint density at radius 3 is 2.77 bits per heavy atom. The molecule has 9 heteroatoms. The molecule has 0 spiro atoms. The van der Waals surface area contributed by atoms with Gasteiger partial charge in [0, 0.05) is 20.2 Å². The predicted molar refractivity (Wildman–Crippen MR) is 114 cm³/mol. The van der Waals surface area contributed by atoms with Gasteiger partial charge in [-0.15, -0.1) is 0 Å². The summed E-state index contributed by atoms with van der Waals surface area (Å²) in [5.74, 6) is -0.439. The van der Waals surface area contributed by atoms with E-state index in [1.54, 1.807) is 19.2 Å². The Bertz CT molecular complexity index is 1070. The SMILES string of the molecule is CO[C@H]1CN(c2nc3c(C(=O)O)cccc3[nH]2)CC[C@H]1NC(=O)OCc1ccccc1. The van der Waals surface area contributed by atoms with Gasteiger partial charge in [-0.3, -0.25) is 0 Å². The van der Waals surface area contributed by atoms with Crippen molar-refractivity contribution in [3.05, 3.63) is 59.7 Å². The molecule has 3 N–H and O–H groups in total. The van der Waals surface area contributed by atoms with E-state index in [9.17, 15) is 14.7 Å². The third-order valence-corrected chi connectivity index (χ3v) is 5.41. The number of carboxylic acid groups (broad SMARTS) is 1. The molecule has 1 saturated heterocycles. The summed E-state index contributed by atoms with van der Waals surface area (Å²) in [6.07, 6.45) is -0.133. The van der Waals surface area contributed by atoms with Crippen LogP contribution in [0.25, 0.3) is 11.0 Å². The van der Waals surface area contributed by atoms with E-state index in [4.69, 9.17) is 9.47 Å². The lowest BCUT2D eigenvalue weighted by molar-refractivity contribution is 0.0543. The summed E-state index contributed by atoms with van der Waals surface area (Å²) >= 11 is 0. The number of carboxylic acids is 1. The van der Waals surface area contributed by atoms with E-state index in [0.717, 1.165) is 5.56 Å². The number of aromatic carboxylic acids is 1. The number of aromatic nitrogens is 2. The second kappa shape index (κ2) is 9.05. The molecule has 1 aliphatic rings. The van der Waals surface area contributed by atoms with Crippen LogP contribution in [0.5, 0.6) is 0 Å². The highest BCUT2D eigenvalue weighted by Crippen LogP contribution is 2.24. The summed E-state index contributed by atoms with van der Waals surface area (Å²) in [4.78, 5) is 33.4. The first-order valence-electron chi connectivity index (χ1n) is 10.0. The molecule has 4 rings (SSSR count). The van der Waals surface area contributed by atoms with Crippen molar-refractivity contribution in [2.24, 2.45) is 0 Å². The summed E-state index contributed by atoms with van der Waals surface area (Å²) in [6.45, 7) is 1.31. The number of hydrogen-bond donors (Lipinski definition) is 3. The van der Waals surface area contributed by atoms with Gasteiger partial charge >= 0.3 is 12.1 Å². The minimum absolute atomic E-state index is 0.154. The van der Waals surface area contributed by atoms with Gasteiger partial charge in [0.05, 0.1) is 23.2 Å². The number of nitrogens with one attached hydrogen (secondary N) is 2. The number of rotatable bonds is 6. The maximum atomic E-state index is 12.2. The minimum Gasteiger partial charge on any atom is -0.478 e. The van der Waals surface area contributed by atoms with Crippen LogP contribution in [0.2, 0.25) is 0 Å². The molecule has 9 nitrogen and oxygen atoms in total. The summed E-state index contributed by atoms with van der Waals surface area (Å²) in [6, 6.07) is 14.3. The van der Waals surface area contributed by atoms with Crippen molar-refractivity contribution < 1.29 is 24.2 Å². The topological polar surface area (TPSA) is 117 Å². The zero-order valence-corrected chi connectivity index (χ0v) is 17.1. The summed E-state index contributed by atoms with van der Waals surface area (Å²) in [7, 11) is 1.60. The van der Waals surface area contributed by atoms with E-state index in [2.05, 4.69) is 15.3 Å². The van der Waals surface area contributed by atoms with Gasteiger partial charge in [0.15, 0.2) is 0 Å². The molecule has 0 aliphatic carbocycles. The van der Waals surface area contributed by atoms with Crippen molar-refractivity contribution >= 4 is 29.0 Å². The number of ether oxygens (including phenoxy) is 2. The van der Waals surface area contributed by atoms with Crippen molar-refractivity contribution in [3.8, 4) is 0 Å². The molecule has 2 heterocycles. The van der Waals surface area contributed by atoms with Gasteiger partial charge in [0.2, 0.25) is 5.95 Å². The molecule has 2 atom stereocenters. The number of amides is 1. The molecule has 1 amide bonds. The zero-order chi connectivity index (χ0) is 21.8. The van der Waals surface area contributed by atoms with Gasteiger partial charge in [0.25, 0.3) is 0 Å². The number of hydrogen-bond acceptors (Lipinski definition) is 6. The zero-order valence-electron chi connectivity index (χ0n) is 17.1. The number of aromatic amines is 1. The lowest BCUT2D eigenvalue weighted by Crippen LogP contribution is -2.55. The quantitative estimate of drug-likeness (QED) is 0.557. The van der Waals surface area contributed by atoms with Crippen molar-refractivity contribution in [2.45, 2.75) is 25.2 Å². The molecular weight excluding hydrogens is 400 g/mol. The maximum Gasteiger partial charge on any atom is 0.407 e. The number of carbonyl (C=O) groups is 2. The first-order valence-corrected chi connectivity index (χ1v) is 10.0. The molecule has 0 unspecified atom stereocenters. The van der Waals surface area contributed by atoms with E-state index in [1.807, 2.05) is 35.2 Å². The number of benzene rings is 2. The summed E-state index contributed by atoms with van der Waals surface area (Å²) in [5, 5.41) is 12.3. The van der Waals surface area contributed by atoms with Crippen molar-refractivity contribution in [2.75, 3.05) is 25.1 Å². The molecule has 31 heavy (non-hydrogen) atoms. The lowest BCUT2D eigenvalue weighted by Gasteiger charge is -2.37. The van der Waals surface area contributed by atoms with Crippen LogP contribution in [-0.4, -0.2) is 59.5 Å². The Kier molecular flexibility index (Phi) is 6.03. The standard InChI is InChI=1S/C22H24N4O5/c1-30-18-12-26(21-23-17-9-5-8-15(20(27)28)19(17)25-21)11-10-16(18)24-22(29)31-13-14-6-3-2-4-7-14/h2-9,16,18H,10-13H2,1H3,(H,23,25)(H,24,29)(H,27,28)/t16-,18+/m1/s1. The second-order valence-corrected chi connectivity index (χ2v) is 7.39. The van der Waals surface area contributed by atoms with Crippen LogP contribution in [0.4, 0.5) is 10.7 Å². The number of anilines is 1. The Morgan fingerprint density at radius 1 is 1.23 bits per heavy atom. The molecule has 2 aromatic carbocycles. The van der Waals surface area contributed by atoms with Crippen LogP contribution in [0.1, 0.15) is 22.3 Å². The average molecular weight is 424 g/mol. The Hall–Kier alpha value is -3.59. The number of H-pyrrole nitrogens is 1. The van der Waals surface area contributed by atoms with Crippen LogP contribution in [0.15, 0.2) is 48.5 Å². The van der Waals surface area contributed by atoms with Gasteiger partial charge in [0.1, 0.15) is 12.1 Å². The monoisotopic (exact) mass is 424 g/mol. The molecule has 1 fully saturated rings. The van der Waals surface area contributed by atoms with Crippen LogP contribution in [-0.2, 0) is 16.1 Å². The maximum absolute atomic E-state index is 12.2. The van der Waals surface area contributed by atoms with Gasteiger partial charge < -0.3 is 29.8 Å². The fourth-order valence-electron chi connectivity index (χ4n) is 3.77. The number of piperidine rings is 1. The molecule has 0 bridgehead atoms. The molecular formula is C22H24N4O5. The number of carbonyl (C=O) groups excluding carboxylic acids is 1. The van der Waals surface area contributed by atoms with Crippen molar-refractivity contribution in [3.63, 3.8) is 0 Å².